The van der Waals surface area contributed by atoms with Gasteiger partial charge in [-0.25, -0.2) is 0 Å². The van der Waals surface area contributed by atoms with Crippen LogP contribution in [-0.2, 0) is 4.79 Å². The van der Waals surface area contributed by atoms with E-state index in [0.29, 0.717) is 0 Å². The second-order valence-corrected chi connectivity index (χ2v) is 3.76. The summed E-state index contributed by atoms with van der Waals surface area (Å²) in [6, 6.07) is 0. The van der Waals surface area contributed by atoms with Crippen molar-refractivity contribution in [3.63, 3.8) is 0 Å². The van der Waals surface area contributed by atoms with E-state index in [-0.39, 0.29) is 12.5 Å². The average molecular weight is 214 g/mol. The number of aliphatic carboxylic acids is 1. The summed E-state index contributed by atoms with van der Waals surface area (Å²) in [7, 11) is 0. The molecule has 0 radical (unpaired) electrons. The Kier molecular flexibility index (Phi) is 10.3. The second kappa shape index (κ2) is 9.46. The third-order valence-corrected chi connectivity index (χ3v) is 1.73. The van der Waals surface area contributed by atoms with Crippen LogP contribution in [0, 0.1) is 5.92 Å². The molecular formula is C12H22O3. The fraction of sp³-hybridized carbons (Fsp3) is 0.583. The van der Waals surface area contributed by atoms with Crippen molar-refractivity contribution in [3.05, 3.63) is 23.8 Å². The first-order valence-corrected chi connectivity index (χ1v) is 4.90. The predicted molar refractivity (Wildman–Crippen MR) is 62.7 cm³/mol. The summed E-state index contributed by atoms with van der Waals surface area (Å²) in [5.41, 5.74) is 2.36. The lowest BCUT2D eigenvalue weighted by Crippen LogP contribution is -2.05. The van der Waals surface area contributed by atoms with E-state index in [1.165, 1.54) is 5.57 Å². The summed E-state index contributed by atoms with van der Waals surface area (Å²) in [6.45, 7) is 11.2. The third-order valence-electron chi connectivity index (χ3n) is 1.73. The van der Waals surface area contributed by atoms with Gasteiger partial charge in [0.2, 0.25) is 0 Å². The van der Waals surface area contributed by atoms with Crippen LogP contribution in [0.15, 0.2) is 23.8 Å². The summed E-state index contributed by atoms with van der Waals surface area (Å²) < 4.78 is 0. The maximum absolute atomic E-state index is 9.00. The van der Waals surface area contributed by atoms with Crippen LogP contribution >= 0.6 is 0 Å². The van der Waals surface area contributed by atoms with Gasteiger partial charge >= 0.3 is 0 Å². The fourth-order valence-electron chi connectivity index (χ4n) is 0.810. The van der Waals surface area contributed by atoms with Crippen LogP contribution in [0.2, 0.25) is 0 Å². The Morgan fingerprint density at radius 1 is 1.33 bits per heavy atom. The highest BCUT2D eigenvalue weighted by Crippen LogP contribution is 2.13. The minimum atomic E-state index is -0.833. The van der Waals surface area contributed by atoms with E-state index in [0.717, 1.165) is 18.9 Å². The van der Waals surface area contributed by atoms with Crippen LogP contribution in [-0.4, -0.2) is 22.8 Å². The second-order valence-electron chi connectivity index (χ2n) is 3.76. The third kappa shape index (κ3) is 15.6. The van der Waals surface area contributed by atoms with Crippen LogP contribution in [0.25, 0.3) is 0 Å². The quantitative estimate of drug-likeness (QED) is 0.707. The van der Waals surface area contributed by atoms with E-state index < -0.39 is 5.97 Å². The molecule has 88 valence electrons. The monoisotopic (exact) mass is 214 g/mol. The maximum atomic E-state index is 9.00. The zero-order valence-electron chi connectivity index (χ0n) is 10.1. The molecule has 2 N–H and O–H groups in total. The molecule has 1 atom stereocenters. The Morgan fingerprint density at radius 2 is 1.73 bits per heavy atom. The molecule has 0 spiro atoms. The molecule has 0 saturated carbocycles. The molecule has 0 aliphatic heterocycles. The molecule has 0 heterocycles. The van der Waals surface area contributed by atoms with Gasteiger partial charge in [0.05, 0.1) is 0 Å². The lowest BCUT2D eigenvalue weighted by Gasteiger charge is -2.10. The van der Waals surface area contributed by atoms with Crippen molar-refractivity contribution in [2.75, 3.05) is 6.61 Å². The summed E-state index contributed by atoms with van der Waals surface area (Å²) in [6.07, 6.45) is 3.05. The molecule has 15 heavy (non-hydrogen) atoms. The van der Waals surface area contributed by atoms with Crippen molar-refractivity contribution in [2.24, 2.45) is 5.92 Å². The normalized spacial score (nSPS) is 10.7. The van der Waals surface area contributed by atoms with Gasteiger partial charge in [0.15, 0.2) is 0 Å². The highest BCUT2D eigenvalue weighted by molar-refractivity contribution is 5.62. The van der Waals surface area contributed by atoms with Crippen LogP contribution in [0.5, 0.6) is 0 Å². The first-order chi connectivity index (χ1) is 6.81. The Morgan fingerprint density at radius 3 is 1.93 bits per heavy atom. The largest absolute Gasteiger partial charge is 0.481 e. The van der Waals surface area contributed by atoms with Crippen LogP contribution < -0.4 is 0 Å². The highest BCUT2D eigenvalue weighted by atomic mass is 16.4. The van der Waals surface area contributed by atoms with Gasteiger partial charge in [-0.15, -0.1) is 0 Å². The number of aliphatic hydroxyl groups is 1. The molecule has 0 aromatic carbocycles. The molecular weight excluding hydrogens is 192 g/mol. The Labute approximate surface area is 92.1 Å². The molecule has 3 heteroatoms. The number of hydrogen-bond acceptors (Lipinski definition) is 2. The molecule has 1 unspecified atom stereocenters. The summed E-state index contributed by atoms with van der Waals surface area (Å²) in [5.74, 6) is -0.593. The molecule has 0 amide bonds. The summed E-state index contributed by atoms with van der Waals surface area (Å²) in [5, 5.41) is 16.3. The van der Waals surface area contributed by atoms with Gasteiger partial charge in [-0.1, -0.05) is 23.8 Å². The molecule has 3 nitrogen and oxygen atoms in total. The first kappa shape index (κ1) is 16.3. The van der Waals surface area contributed by atoms with E-state index in [2.05, 4.69) is 26.5 Å². The molecule has 0 fully saturated rings. The average Bonchev–Trinajstić information content (AvgIpc) is 2.02. The first-order valence-electron chi connectivity index (χ1n) is 4.90. The maximum Gasteiger partial charge on any atom is 0.300 e. The lowest BCUT2D eigenvalue weighted by atomic mass is 9.98. The van der Waals surface area contributed by atoms with Crippen molar-refractivity contribution in [2.45, 2.75) is 34.1 Å². The van der Waals surface area contributed by atoms with Gasteiger partial charge in [-0.2, -0.15) is 0 Å². The fourth-order valence-corrected chi connectivity index (χ4v) is 0.810. The smallest absolute Gasteiger partial charge is 0.300 e. The van der Waals surface area contributed by atoms with Crippen LogP contribution in [0.3, 0.4) is 0 Å². The lowest BCUT2D eigenvalue weighted by molar-refractivity contribution is -0.134. The summed E-state index contributed by atoms with van der Waals surface area (Å²) >= 11 is 0. The summed E-state index contributed by atoms with van der Waals surface area (Å²) in [4.78, 5) is 9.00. The zero-order valence-corrected chi connectivity index (χ0v) is 10.1. The van der Waals surface area contributed by atoms with Gasteiger partial charge in [0, 0.05) is 19.4 Å². The number of allylic oxidation sites excluding steroid dienone is 2. The minimum Gasteiger partial charge on any atom is -0.481 e. The van der Waals surface area contributed by atoms with Crippen molar-refractivity contribution in [1.29, 1.82) is 0 Å². The van der Waals surface area contributed by atoms with Crippen LogP contribution in [0.4, 0.5) is 0 Å². The van der Waals surface area contributed by atoms with Gasteiger partial charge in [0.1, 0.15) is 0 Å². The topological polar surface area (TPSA) is 57.5 Å². The van der Waals surface area contributed by atoms with E-state index in [9.17, 15) is 0 Å². The molecule has 0 bridgehead atoms. The van der Waals surface area contributed by atoms with Crippen molar-refractivity contribution < 1.29 is 15.0 Å². The molecule has 0 saturated heterocycles. The highest BCUT2D eigenvalue weighted by Gasteiger charge is 2.04. The number of carboxylic acid groups (broad SMARTS) is 1. The zero-order chi connectivity index (χ0) is 12.4. The molecule has 0 aromatic rings. The molecule has 0 aliphatic carbocycles. The predicted octanol–water partition coefficient (Wildman–Crippen LogP) is 2.62. The van der Waals surface area contributed by atoms with Gasteiger partial charge < -0.3 is 10.2 Å². The van der Waals surface area contributed by atoms with E-state index in [1.807, 2.05) is 6.92 Å². The van der Waals surface area contributed by atoms with Crippen molar-refractivity contribution in [3.8, 4) is 0 Å². The van der Waals surface area contributed by atoms with Gasteiger partial charge in [0.25, 0.3) is 5.97 Å². The van der Waals surface area contributed by atoms with Crippen molar-refractivity contribution >= 4 is 5.97 Å². The SMILES string of the molecule is C=C(C)C(CO)CC=C(C)C.CC(=O)O. The van der Waals surface area contributed by atoms with E-state index >= 15 is 0 Å². The standard InChI is InChI=1S/C10H18O.C2H4O2/c1-8(2)5-6-10(7-11)9(3)4;1-2(3)4/h5,10-11H,3,6-7H2,1-2,4H3;1H3,(H,3,4). The van der Waals surface area contributed by atoms with Gasteiger partial charge in [-0.05, 0) is 27.2 Å². The van der Waals surface area contributed by atoms with E-state index in [4.69, 9.17) is 15.0 Å². The number of carboxylic acids is 1. The number of hydrogen-bond donors (Lipinski definition) is 2. The molecule has 0 aliphatic rings. The van der Waals surface area contributed by atoms with Crippen molar-refractivity contribution in [1.82, 2.24) is 0 Å². The van der Waals surface area contributed by atoms with Gasteiger partial charge in [-0.3, -0.25) is 4.79 Å². The van der Waals surface area contributed by atoms with E-state index in [1.54, 1.807) is 0 Å². The Balaban J connectivity index is 0. The number of rotatable bonds is 4. The minimum absolute atomic E-state index is 0.207. The Bertz CT molecular complexity index is 221. The molecule has 0 rings (SSSR count). The molecule has 0 aromatic heterocycles. The van der Waals surface area contributed by atoms with Crippen LogP contribution in [0.1, 0.15) is 34.1 Å². The number of aliphatic hydroxyl groups excluding tert-OH is 1. The Hall–Kier alpha value is -1.09. The number of carbonyl (C=O) groups is 1.